The zero-order valence-corrected chi connectivity index (χ0v) is 11.6. The van der Waals surface area contributed by atoms with Crippen LogP contribution in [-0.2, 0) is 11.2 Å². The van der Waals surface area contributed by atoms with Gasteiger partial charge in [0.2, 0.25) is 5.91 Å². The number of amides is 1. The first kappa shape index (κ1) is 12.8. The largest absolute Gasteiger partial charge is 0.326 e. The molecule has 0 radical (unpaired) electrons. The van der Waals surface area contributed by atoms with E-state index in [1.54, 1.807) is 0 Å². The second-order valence-corrected chi connectivity index (χ2v) is 5.33. The average Bonchev–Trinajstić information content (AvgIpc) is 2.93. The van der Waals surface area contributed by atoms with Crippen LogP contribution in [0.3, 0.4) is 0 Å². The number of benzene rings is 1. The van der Waals surface area contributed by atoms with Crippen LogP contribution in [0.4, 0.5) is 10.1 Å². The highest BCUT2D eigenvalue weighted by Crippen LogP contribution is 2.17. The first-order valence-electron chi connectivity index (χ1n) is 6.09. The van der Waals surface area contributed by atoms with Gasteiger partial charge in [-0.25, -0.2) is 9.37 Å². The molecule has 1 N–H and O–H groups in total. The normalized spacial score (nSPS) is 10.9. The Labute approximate surface area is 118 Å². The summed E-state index contributed by atoms with van der Waals surface area (Å²) in [6.45, 7) is 1.92. The molecular formula is C14H12FN3OS. The van der Waals surface area contributed by atoms with Gasteiger partial charge in [-0.1, -0.05) is 0 Å². The Bertz CT molecular complexity index is 760. The maximum atomic E-state index is 12.8. The lowest BCUT2D eigenvalue weighted by atomic mass is 10.2. The number of carbonyl (C=O) groups is 1. The molecule has 102 valence electrons. The molecule has 0 saturated heterocycles. The SMILES string of the molecule is Cc1cn2c(CC(=O)Nc3ccc(F)cc3)csc2n1. The van der Waals surface area contributed by atoms with Gasteiger partial charge in [0.1, 0.15) is 5.82 Å². The number of nitrogens with one attached hydrogen (secondary N) is 1. The number of thiazole rings is 1. The maximum Gasteiger partial charge on any atom is 0.230 e. The Hall–Kier alpha value is -2.21. The molecule has 1 aromatic carbocycles. The first-order valence-corrected chi connectivity index (χ1v) is 6.97. The van der Waals surface area contributed by atoms with Crippen LogP contribution in [0, 0.1) is 12.7 Å². The van der Waals surface area contributed by atoms with Gasteiger partial charge >= 0.3 is 0 Å². The highest BCUT2D eigenvalue weighted by Gasteiger charge is 2.10. The number of hydrogen-bond donors (Lipinski definition) is 1. The number of nitrogens with zero attached hydrogens (tertiary/aromatic N) is 2. The summed E-state index contributed by atoms with van der Waals surface area (Å²) in [6.07, 6.45) is 2.17. The number of rotatable bonds is 3. The highest BCUT2D eigenvalue weighted by molar-refractivity contribution is 7.15. The molecule has 0 aliphatic heterocycles. The van der Waals surface area contributed by atoms with Crippen molar-refractivity contribution >= 4 is 27.9 Å². The Morgan fingerprint density at radius 1 is 1.40 bits per heavy atom. The fourth-order valence-corrected chi connectivity index (χ4v) is 2.89. The molecule has 0 saturated carbocycles. The van der Waals surface area contributed by atoms with Gasteiger partial charge < -0.3 is 5.32 Å². The van der Waals surface area contributed by atoms with Gasteiger partial charge in [0.05, 0.1) is 12.1 Å². The van der Waals surface area contributed by atoms with E-state index in [9.17, 15) is 9.18 Å². The van der Waals surface area contributed by atoms with E-state index < -0.39 is 0 Å². The molecule has 2 aromatic heterocycles. The van der Waals surface area contributed by atoms with Crippen molar-refractivity contribution in [2.75, 3.05) is 5.32 Å². The summed E-state index contributed by atoms with van der Waals surface area (Å²) < 4.78 is 14.7. The third-order valence-electron chi connectivity index (χ3n) is 2.87. The predicted molar refractivity (Wildman–Crippen MR) is 76.5 cm³/mol. The van der Waals surface area contributed by atoms with E-state index in [0.717, 1.165) is 16.3 Å². The van der Waals surface area contributed by atoms with Crippen LogP contribution in [0.25, 0.3) is 4.96 Å². The molecule has 2 heterocycles. The van der Waals surface area contributed by atoms with Crippen molar-refractivity contribution in [1.82, 2.24) is 9.38 Å². The molecule has 6 heteroatoms. The predicted octanol–water partition coefficient (Wildman–Crippen LogP) is 3.02. The van der Waals surface area contributed by atoms with E-state index in [1.165, 1.54) is 35.6 Å². The van der Waals surface area contributed by atoms with E-state index >= 15 is 0 Å². The molecule has 1 amide bonds. The lowest BCUT2D eigenvalue weighted by Crippen LogP contribution is -2.15. The number of hydrogen-bond acceptors (Lipinski definition) is 3. The van der Waals surface area contributed by atoms with Crippen LogP contribution < -0.4 is 5.32 Å². The van der Waals surface area contributed by atoms with Crippen molar-refractivity contribution in [3.05, 3.63) is 53.0 Å². The van der Waals surface area contributed by atoms with Crippen LogP contribution in [0.1, 0.15) is 11.4 Å². The van der Waals surface area contributed by atoms with Crippen molar-refractivity contribution in [2.45, 2.75) is 13.3 Å². The van der Waals surface area contributed by atoms with Crippen molar-refractivity contribution < 1.29 is 9.18 Å². The molecule has 0 aliphatic carbocycles. The lowest BCUT2D eigenvalue weighted by Gasteiger charge is -2.04. The number of fused-ring (bicyclic) bond motifs is 1. The van der Waals surface area contributed by atoms with Gasteiger partial charge in [0.15, 0.2) is 4.96 Å². The van der Waals surface area contributed by atoms with Gasteiger partial charge in [0.25, 0.3) is 0 Å². The topological polar surface area (TPSA) is 46.4 Å². The highest BCUT2D eigenvalue weighted by atomic mass is 32.1. The van der Waals surface area contributed by atoms with Crippen molar-refractivity contribution in [1.29, 1.82) is 0 Å². The van der Waals surface area contributed by atoms with Crippen molar-refractivity contribution in [3.63, 3.8) is 0 Å². The van der Waals surface area contributed by atoms with E-state index in [2.05, 4.69) is 10.3 Å². The molecular weight excluding hydrogens is 277 g/mol. The molecule has 3 rings (SSSR count). The van der Waals surface area contributed by atoms with Gasteiger partial charge in [-0.15, -0.1) is 11.3 Å². The fraction of sp³-hybridized carbons (Fsp3) is 0.143. The van der Waals surface area contributed by atoms with Crippen LogP contribution in [0.5, 0.6) is 0 Å². The zero-order chi connectivity index (χ0) is 14.1. The fourth-order valence-electron chi connectivity index (χ4n) is 1.97. The summed E-state index contributed by atoms with van der Waals surface area (Å²) in [5.41, 5.74) is 2.41. The quantitative estimate of drug-likeness (QED) is 0.805. The minimum absolute atomic E-state index is 0.136. The summed E-state index contributed by atoms with van der Waals surface area (Å²) in [5.74, 6) is -0.459. The smallest absolute Gasteiger partial charge is 0.230 e. The standard InChI is InChI=1S/C14H12FN3OS/c1-9-7-18-12(8-20-14(18)16-9)6-13(19)17-11-4-2-10(15)3-5-11/h2-5,7-8H,6H2,1H3,(H,17,19). The Morgan fingerprint density at radius 2 is 2.15 bits per heavy atom. The molecule has 0 spiro atoms. The second kappa shape index (κ2) is 5.05. The molecule has 3 aromatic rings. The summed E-state index contributed by atoms with van der Waals surface area (Å²) in [7, 11) is 0. The Morgan fingerprint density at radius 3 is 2.90 bits per heavy atom. The summed E-state index contributed by atoms with van der Waals surface area (Å²) in [6, 6.07) is 5.71. The summed E-state index contributed by atoms with van der Waals surface area (Å²) >= 11 is 1.51. The van der Waals surface area contributed by atoms with Crippen molar-refractivity contribution in [2.24, 2.45) is 0 Å². The van der Waals surface area contributed by atoms with E-state index in [0.29, 0.717) is 5.69 Å². The molecule has 0 fully saturated rings. The van der Waals surface area contributed by atoms with Crippen molar-refractivity contribution in [3.8, 4) is 0 Å². The van der Waals surface area contributed by atoms with Gasteiger partial charge in [-0.3, -0.25) is 9.20 Å². The van der Waals surface area contributed by atoms with Crippen LogP contribution in [-0.4, -0.2) is 15.3 Å². The third-order valence-corrected chi connectivity index (χ3v) is 3.76. The van der Waals surface area contributed by atoms with Gasteiger partial charge in [-0.2, -0.15) is 0 Å². The second-order valence-electron chi connectivity index (χ2n) is 4.49. The number of carbonyl (C=O) groups excluding carboxylic acids is 1. The number of halogens is 1. The van der Waals surface area contributed by atoms with E-state index in [4.69, 9.17) is 0 Å². The van der Waals surface area contributed by atoms with Gasteiger partial charge in [0, 0.05) is 23.0 Å². The Balaban J connectivity index is 1.73. The average molecular weight is 289 g/mol. The number of anilines is 1. The molecule has 0 atom stereocenters. The maximum absolute atomic E-state index is 12.8. The first-order chi connectivity index (χ1) is 9.61. The summed E-state index contributed by atoms with van der Waals surface area (Å²) in [4.78, 5) is 17.2. The lowest BCUT2D eigenvalue weighted by molar-refractivity contribution is -0.115. The molecule has 20 heavy (non-hydrogen) atoms. The Kier molecular flexibility index (Phi) is 3.23. The molecule has 0 unspecified atom stereocenters. The van der Waals surface area contributed by atoms with E-state index in [1.807, 2.05) is 22.9 Å². The summed E-state index contributed by atoms with van der Waals surface area (Å²) in [5, 5.41) is 4.67. The minimum atomic E-state index is -0.323. The van der Waals surface area contributed by atoms with E-state index in [-0.39, 0.29) is 18.1 Å². The van der Waals surface area contributed by atoms with Gasteiger partial charge in [-0.05, 0) is 31.2 Å². The molecule has 4 nitrogen and oxygen atoms in total. The number of imidazole rings is 1. The minimum Gasteiger partial charge on any atom is -0.326 e. The van der Waals surface area contributed by atoms with Crippen LogP contribution in [0.2, 0.25) is 0 Å². The number of aryl methyl sites for hydroxylation is 1. The third kappa shape index (κ3) is 2.55. The van der Waals surface area contributed by atoms with Crippen LogP contribution in [0.15, 0.2) is 35.8 Å². The zero-order valence-electron chi connectivity index (χ0n) is 10.8. The molecule has 0 bridgehead atoms. The van der Waals surface area contributed by atoms with Crippen LogP contribution >= 0.6 is 11.3 Å². The number of aromatic nitrogens is 2. The molecule has 0 aliphatic rings. The monoisotopic (exact) mass is 289 g/mol.